The Kier molecular flexibility index (Phi) is 37.4. The Bertz CT molecular complexity index is 799. The van der Waals surface area contributed by atoms with Crippen LogP contribution in [0.5, 0.6) is 0 Å². The zero-order chi connectivity index (χ0) is 36.8. The first-order chi connectivity index (χ1) is 24.4. The van der Waals surface area contributed by atoms with Gasteiger partial charge in [0, 0.05) is 13.0 Å². The molecule has 0 fully saturated rings. The molecule has 3 unspecified atom stereocenters. The van der Waals surface area contributed by atoms with Crippen molar-refractivity contribution in [3.05, 3.63) is 12.2 Å². The fourth-order valence-electron chi connectivity index (χ4n) is 6.37. The van der Waals surface area contributed by atoms with Gasteiger partial charge in [-0.15, -0.1) is 0 Å². The molecule has 298 valence electrons. The number of unbranched alkanes of at least 4 members (excludes halogenated alkanes) is 26. The van der Waals surface area contributed by atoms with Crippen molar-refractivity contribution >= 4 is 13.7 Å². The van der Waals surface area contributed by atoms with Gasteiger partial charge in [0.1, 0.15) is 0 Å². The van der Waals surface area contributed by atoms with Crippen LogP contribution < -0.4 is 11.1 Å². The number of allylic oxidation sites excluding steroid dienone is 2. The lowest BCUT2D eigenvalue weighted by Gasteiger charge is -2.25. The summed E-state index contributed by atoms with van der Waals surface area (Å²) in [5.74, 6) is -0.170. The van der Waals surface area contributed by atoms with E-state index < -0.39 is 20.0 Å². The lowest BCUT2D eigenvalue weighted by molar-refractivity contribution is -0.123. The van der Waals surface area contributed by atoms with Crippen LogP contribution in [0.4, 0.5) is 0 Å². The molecule has 0 aromatic rings. The number of carbonyl (C=O) groups is 1. The van der Waals surface area contributed by atoms with Crippen molar-refractivity contribution in [2.75, 3.05) is 19.8 Å². The number of aliphatic hydroxyl groups is 1. The Morgan fingerprint density at radius 3 is 1.52 bits per heavy atom. The maximum atomic E-state index is 12.7. The number of phosphoric ester groups is 1. The Morgan fingerprint density at radius 1 is 0.640 bits per heavy atom. The first kappa shape index (κ1) is 49.2. The summed E-state index contributed by atoms with van der Waals surface area (Å²) in [5.41, 5.74) is 5.37. The summed E-state index contributed by atoms with van der Waals surface area (Å²) >= 11 is 0. The standard InChI is InChI=1S/C41H83N2O6P/c1-3-5-7-9-11-13-15-17-18-19-20-21-22-23-24-26-28-30-32-34-40(44)39(38-49-50(46,47)48-37-36-42)43-41(45)35-33-31-29-27-25-16-14-12-10-8-6-4-2/h12,14,39-40,44H,3-11,13,15-38,42H2,1-2H3,(H,43,45)(H,46,47)/b14-12-. The average molecular weight is 731 g/mol. The molecule has 0 aromatic carbocycles. The van der Waals surface area contributed by atoms with Gasteiger partial charge in [-0.2, -0.15) is 0 Å². The van der Waals surface area contributed by atoms with Crippen LogP contribution in [0.25, 0.3) is 0 Å². The Labute approximate surface area is 309 Å². The first-order valence-electron chi connectivity index (χ1n) is 21.3. The highest BCUT2D eigenvalue weighted by molar-refractivity contribution is 7.47. The monoisotopic (exact) mass is 731 g/mol. The van der Waals surface area contributed by atoms with Crippen LogP contribution in [0.2, 0.25) is 0 Å². The predicted octanol–water partition coefficient (Wildman–Crippen LogP) is 11.6. The molecule has 0 aliphatic rings. The van der Waals surface area contributed by atoms with E-state index in [0.717, 1.165) is 51.4 Å². The van der Waals surface area contributed by atoms with Crippen LogP contribution in [-0.4, -0.2) is 47.8 Å². The Morgan fingerprint density at radius 2 is 1.04 bits per heavy atom. The zero-order valence-electron chi connectivity index (χ0n) is 32.9. The second-order valence-electron chi connectivity index (χ2n) is 14.6. The quantitative estimate of drug-likeness (QED) is 0.0280. The normalized spacial score (nSPS) is 14.3. The summed E-state index contributed by atoms with van der Waals surface area (Å²) in [7, 11) is -4.31. The molecule has 50 heavy (non-hydrogen) atoms. The summed E-state index contributed by atoms with van der Waals surface area (Å²) in [6.45, 7) is 4.19. The van der Waals surface area contributed by atoms with Crippen molar-refractivity contribution in [2.45, 2.75) is 225 Å². The lowest BCUT2D eigenvalue weighted by atomic mass is 10.0. The third kappa shape index (κ3) is 35.6. The number of nitrogens with two attached hydrogens (primary N) is 1. The largest absolute Gasteiger partial charge is 0.472 e. The van der Waals surface area contributed by atoms with E-state index in [9.17, 15) is 19.4 Å². The highest BCUT2D eigenvalue weighted by Gasteiger charge is 2.27. The molecule has 1 amide bonds. The summed E-state index contributed by atoms with van der Waals surface area (Å²) in [5, 5.41) is 13.8. The van der Waals surface area contributed by atoms with Crippen molar-refractivity contribution < 1.29 is 28.4 Å². The van der Waals surface area contributed by atoms with Crippen LogP contribution >= 0.6 is 7.82 Å². The van der Waals surface area contributed by atoms with Gasteiger partial charge in [0.2, 0.25) is 5.91 Å². The third-order valence-corrected chi connectivity index (χ3v) is 10.6. The van der Waals surface area contributed by atoms with Crippen molar-refractivity contribution in [1.29, 1.82) is 0 Å². The van der Waals surface area contributed by atoms with E-state index in [-0.39, 0.29) is 25.7 Å². The predicted molar refractivity (Wildman–Crippen MR) is 212 cm³/mol. The van der Waals surface area contributed by atoms with Crippen molar-refractivity contribution in [3.8, 4) is 0 Å². The molecule has 8 nitrogen and oxygen atoms in total. The van der Waals surface area contributed by atoms with Gasteiger partial charge in [0.25, 0.3) is 0 Å². The smallest absolute Gasteiger partial charge is 0.391 e. The molecular weight excluding hydrogens is 647 g/mol. The molecule has 0 aliphatic carbocycles. The molecule has 0 bridgehead atoms. The Balaban J connectivity index is 4.13. The molecular formula is C41H83N2O6P. The number of carbonyl (C=O) groups excluding carboxylic acids is 1. The van der Waals surface area contributed by atoms with Gasteiger partial charge < -0.3 is 21.1 Å². The van der Waals surface area contributed by atoms with Crippen LogP contribution in [0.1, 0.15) is 213 Å². The molecule has 0 aliphatic heterocycles. The minimum Gasteiger partial charge on any atom is -0.391 e. The number of amides is 1. The second-order valence-corrected chi connectivity index (χ2v) is 16.0. The van der Waals surface area contributed by atoms with Crippen LogP contribution in [0.15, 0.2) is 12.2 Å². The maximum Gasteiger partial charge on any atom is 0.472 e. The molecule has 0 saturated heterocycles. The number of aliphatic hydroxyl groups excluding tert-OH is 1. The van der Waals surface area contributed by atoms with E-state index in [0.29, 0.717) is 12.8 Å². The summed E-state index contributed by atoms with van der Waals surface area (Å²) in [4.78, 5) is 22.7. The number of hydrogen-bond donors (Lipinski definition) is 4. The van der Waals surface area contributed by atoms with Gasteiger partial charge in [0.15, 0.2) is 0 Å². The lowest BCUT2D eigenvalue weighted by Crippen LogP contribution is -2.46. The summed E-state index contributed by atoms with van der Waals surface area (Å²) in [6, 6.07) is -0.774. The van der Waals surface area contributed by atoms with Gasteiger partial charge in [-0.1, -0.05) is 180 Å². The molecule has 5 N–H and O–H groups in total. The molecule has 3 atom stereocenters. The number of phosphoric acid groups is 1. The molecule has 0 aromatic heterocycles. The van der Waals surface area contributed by atoms with Crippen LogP contribution in [-0.2, 0) is 18.4 Å². The fraction of sp³-hybridized carbons (Fsp3) is 0.927. The van der Waals surface area contributed by atoms with E-state index in [1.165, 1.54) is 135 Å². The molecule has 0 rings (SSSR count). The highest BCUT2D eigenvalue weighted by Crippen LogP contribution is 2.43. The van der Waals surface area contributed by atoms with E-state index in [2.05, 4.69) is 31.3 Å². The molecule has 0 spiro atoms. The maximum absolute atomic E-state index is 12.7. The minimum absolute atomic E-state index is 0.0891. The number of nitrogens with one attached hydrogen (secondary N) is 1. The van der Waals surface area contributed by atoms with E-state index in [4.69, 9.17) is 14.8 Å². The number of hydrogen-bond acceptors (Lipinski definition) is 6. The summed E-state index contributed by atoms with van der Waals surface area (Å²) < 4.78 is 22.1. The van der Waals surface area contributed by atoms with Crippen LogP contribution in [0, 0.1) is 0 Å². The average Bonchev–Trinajstić information content (AvgIpc) is 3.10. The molecule has 0 saturated carbocycles. The van der Waals surface area contributed by atoms with E-state index in [1.54, 1.807) is 0 Å². The summed E-state index contributed by atoms with van der Waals surface area (Å²) in [6.07, 6.45) is 40.8. The fourth-order valence-corrected chi connectivity index (χ4v) is 7.13. The van der Waals surface area contributed by atoms with Gasteiger partial charge in [-0.05, 0) is 38.5 Å². The van der Waals surface area contributed by atoms with Gasteiger partial charge in [-0.25, -0.2) is 4.57 Å². The molecule has 9 heteroatoms. The van der Waals surface area contributed by atoms with E-state index >= 15 is 0 Å². The second kappa shape index (κ2) is 38.0. The molecule has 0 heterocycles. The van der Waals surface area contributed by atoms with Crippen LogP contribution in [0.3, 0.4) is 0 Å². The van der Waals surface area contributed by atoms with Gasteiger partial charge >= 0.3 is 7.82 Å². The van der Waals surface area contributed by atoms with Gasteiger partial charge in [0.05, 0.1) is 25.4 Å². The third-order valence-electron chi connectivity index (χ3n) is 9.62. The van der Waals surface area contributed by atoms with Crippen molar-refractivity contribution in [1.82, 2.24) is 5.32 Å². The molecule has 0 radical (unpaired) electrons. The topological polar surface area (TPSA) is 131 Å². The first-order valence-corrected chi connectivity index (χ1v) is 22.8. The zero-order valence-corrected chi connectivity index (χ0v) is 33.8. The van der Waals surface area contributed by atoms with Crippen molar-refractivity contribution in [3.63, 3.8) is 0 Å². The highest BCUT2D eigenvalue weighted by atomic mass is 31.2. The van der Waals surface area contributed by atoms with E-state index in [1.807, 2.05) is 0 Å². The van der Waals surface area contributed by atoms with Crippen molar-refractivity contribution in [2.24, 2.45) is 5.73 Å². The Hall–Kier alpha value is -0.760. The number of rotatable bonds is 40. The minimum atomic E-state index is -4.31. The van der Waals surface area contributed by atoms with Gasteiger partial charge in [-0.3, -0.25) is 13.8 Å². The SMILES string of the molecule is CCCCC/C=C\CCCCCCCC(=O)NC(COP(=O)(O)OCCN)C(O)CCCCCCCCCCCCCCCCCCCCC.